The number of likely N-dealkylation sites (tertiary alicyclic amines) is 1. The topological polar surface area (TPSA) is 57.8 Å². The highest BCUT2D eigenvalue weighted by Gasteiger charge is 2.40. The smallest absolute Gasteiger partial charge is 0.193 e. The first-order valence-corrected chi connectivity index (χ1v) is 9.04. The quantitative estimate of drug-likeness (QED) is 0.440. The van der Waals surface area contributed by atoms with Gasteiger partial charge in [0.15, 0.2) is 11.6 Å². The van der Waals surface area contributed by atoms with Crippen LogP contribution in [0.4, 0.5) is 0 Å². The fourth-order valence-electron chi connectivity index (χ4n) is 4.33. The van der Waals surface area contributed by atoms with Crippen molar-refractivity contribution in [3.05, 3.63) is 30.2 Å². The average molecular weight is 454 g/mol. The fraction of sp³-hybridized carbons (Fsp3) is 0.611. The van der Waals surface area contributed by atoms with Gasteiger partial charge in [-0.05, 0) is 36.8 Å². The number of nitrogens with one attached hydrogen (secondary N) is 1. The van der Waals surface area contributed by atoms with Crippen LogP contribution in [-0.4, -0.2) is 52.1 Å². The van der Waals surface area contributed by atoms with Crippen molar-refractivity contribution in [2.75, 3.05) is 26.7 Å². The van der Waals surface area contributed by atoms with Crippen molar-refractivity contribution in [1.82, 2.24) is 24.8 Å². The summed E-state index contributed by atoms with van der Waals surface area (Å²) in [5.74, 6) is 2.02. The van der Waals surface area contributed by atoms with E-state index in [9.17, 15) is 0 Å². The number of pyridine rings is 1. The monoisotopic (exact) mass is 454 g/mol. The highest BCUT2D eigenvalue weighted by atomic mass is 127. The van der Waals surface area contributed by atoms with Crippen LogP contribution in [0.3, 0.4) is 0 Å². The lowest BCUT2D eigenvalue weighted by Crippen LogP contribution is -2.41. The van der Waals surface area contributed by atoms with E-state index in [-0.39, 0.29) is 24.0 Å². The predicted molar refractivity (Wildman–Crippen MR) is 111 cm³/mol. The first kappa shape index (κ1) is 18.4. The van der Waals surface area contributed by atoms with E-state index in [4.69, 9.17) is 0 Å². The molecule has 4 rings (SSSR count). The summed E-state index contributed by atoms with van der Waals surface area (Å²) in [4.78, 5) is 6.93. The van der Waals surface area contributed by atoms with Gasteiger partial charge in [-0.2, -0.15) is 0 Å². The molecular formula is C18H27IN6. The molecule has 1 aliphatic heterocycles. The maximum Gasteiger partial charge on any atom is 0.193 e. The molecule has 6 nitrogen and oxygen atoms in total. The fourth-order valence-corrected chi connectivity index (χ4v) is 4.33. The van der Waals surface area contributed by atoms with Crippen LogP contribution in [0.25, 0.3) is 5.65 Å². The molecule has 2 aromatic rings. The number of aliphatic imine (C=N–C) groups is 1. The van der Waals surface area contributed by atoms with Crippen molar-refractivity contribution in [1.29, 1.82) is 0 Å². The summed E-state index contributed by atoms with van der Waals surface area (Å²) in [5.41, 5.74) is 1.47. The third kappa shape index (κ3) is 3.75. The lowest BCUT2D eigenvalue weighted by molar-refractivity contribution is 0.309. The lowest BCUT2D eigenvalue weighted by atomic mass is 9.86. The Morgan fingerprint density at radius 2 is 2.08 bits per heavy atom. The molecule has 0 amide bonds. The van der Waals surface area contributed by atoms with Crippen LogP contribution in [0.5, 0.6) is 0 Å². The summed E-state index contributed by atoms with van der Waals surface area (Å²) >= 11 is 0. The van der Waals surface area contributed by atoms with Crippen molar-refractivity contribution >= 4 is 35.6 Å². The highest BCUT2D eigenvalue weighted by molar-refractivity contribution is 14.0. The third-order valence-corrected chi connectivity index (χ3v) is 5.63. The second-order valence-electron chi connectivity index (χ2n) is 7.15. The molecule has 7 heteroatoms. The summed E-state index contributed by atoms with van der Waals surface area (Å²) in [5, 5.41) is 12.0. The highest BCUT2D eigenvalue weighted by Crippen LogP contribution is 2.45. The Balaban J connectivity index is 0.00000182. The van der Waals surface area contributed by atoms with Crippen molar-refractivity contribution in [3.63, 3.8) is 0 Å². The van der Waals surface area contributed by atoms with E-state index >= 15 is 0 Å². The number of hydrogen-bond acceptors (Lipinski definition) is 3. The van der Waals surface area contributed by atoms with Crippen molar-refractivity contribution in [2.24, 2.45) is 10.4 Å². The minimum absolute atomic E-state index is 0. The van der Waals surface area contributed by atoms with Gasteiger partial charge in [-0.15, -0.1) is 34.2 Å². The minimum Gasteiger partial charge on any atom is -0.356 e. The molecule has 136 valence electrons. The zero-order valence-electron chi connectivity index (χ0n) is 14.8. The van der Waals surface area contributed by atoms with Gasteiger partial charge in [0.1, 0.15) is 5.82 Å². The van der Waals surface area contributed by atoms with Gasteiger partial charge < -0.3 is 10.2 Å². The van der Waals surface area contributed by atoms with E-state index in [0.29, 0.717) is 5.41 Å². The van der Waals surface area contributed by atoms with Gasteiger partial charge in [0.05, 0.1) is 0 Å². The zero-order chi connectivity index (χ0) is 16.4. The average Bonchev–Trinajstić information content (AvgIpc) is 3.34. The molecule has 0 atom stereocenters. The summed E-state index contributed by atoms with van der Waals surface area (Å²) < 4.78 is 2.05. The predicted octanol–water partition coefficient (Wildman–Crippen LogP) is 2.73. The van der Waals surface area contributed by atoms with E-state index < -0.39 is 0 Å². The van der Waals surface area contributed by atoms with Crippen LogP contribution in [0, 0.1) is 5.41 Å². The normalized spacial score (nSPS) is 19.6. The molecule has 2 aromatic heterocycles. The van der Waals surface area contributed by atoms with Crippen LogP contribution in [0.15, 0.2) is 29.4 Å². The lowest BCUT2D eigenvalue weighted by Gasteiger charge is -2.25. The number of guanidine groups is 1. The maximum absolute atomic E-state index is 4.49. The first-order chi connectivity index (χ1) is 11.8. The number of nitrogens with zero attached hydrogens (tertiary/aromatic N) is 5. The summed E-state index contributed by atoms with van der Waals surface area (Å²) in [6.45, 7) is 3.12. The largest absolute Gasteiger partial charge is 0.356 e. The second kappa shape index (κ2) is 7.88. The van der Waals surface area contributed by atoms with Crippen LogP contribution in [-0.2, 0) is 6.42 Å². The van der Waals surface area contributed by atoms with E-state index in [1.165, 1.54) is 38.6 Å². The molecule has 25 heavy (non-hydrogen) atoms. The van der Waals surface area contributed by atoms with Crippen LogP contribution in [0.2, 0.25) is 0 Å². The Hall–Kier alpha value is -1.38. The molecule has 1 saturated carbocycles. The maximum atomic E-state index is 4.49. The Morgan fingerprint density at radius 1 is 1.24 bits per heavy atom. The first-order valence-electron chi connectivity index (χ1n) is 9.04. The van der Waals surface area contributed by atoms with Gasteiger partial charge in [-0.1, -0.05) is 18.9 Å². The van der Waals surface area contributed by atoms with E-state index in [1.807, 2.05) is 35.8 Å². The second-order valence-corrected chi connectivity index (χ2v) is 7.15. The number of aromatic nitrogens is 3. The summed E-state index contributed by atoms with van der Waals surface area (Å²) in [7, 11) is 1.88. The number of rotatable bonds is 3. The third-order valence-electron chi connectivity index (χ3n) is 5.63. The van der Waals surface area contributed by atoms with Crippen LogP contribution in [0.1, 0.15) is 37.9 Å². The van der Waals surface area contributed by atoms with Crippen molar-refractivity contribution in [2.45, 2.75) is 38.5 Å². The van der Waals surface area contributed by atoms with Crippen LogP contribution < -0.4 is 5.32 Å². The molecule has 1 aliphatic carbocycles. The Kier molecular flexibility index (Phi) is 5.81. The zero-order valence-corrected chi connectivity index (χ0v) is 17.1. The number of hydrogen-bond donors (Lipinski definition) is 1. The standard InChI is InChI=1S/C18H26N6.HI/c1-19-17(23-13-10-18(14-23)8-3-4-9-18)20-11-7-16-22-21-15-6-2-5-12-24(15)16;/h2,5-6,12H,3-4,7-11,13-14H2,1H3,(H,19,20);1H. The summed E-state index contributed by atoms with van der Waals surface area (Å²) in [6.07, 6.45) is 9.77. The molecule has 0 aromatic carbocycles. The van der Waals surface area contributed by atoms with Crippen LogP contribution >= 0.6 is 24.0 Å². The molecule has 1 saturated heterocycles. The molecule has 1 spiro atoms. The van der Waals surface area contributed by atoms with Gasteiger partial charge in [-0.25, -0.2) is 0 Å². The molecule has 0 unspecified atom stereocenters. The van der Waals surface area contributed by atoms with Gasteiger partial charge in [0.2, 0.25) is 0 Å². The molecule has 0 radical (unpaired) electrons. The van der Waals surface area contributed by atoms with Crippen molar-refractivity contribution in [3.8, 4) is 0 Å². The molecule has 1 N–H and O–H groups in total. The molecule has 0 bridgehead atoms. The van der Waals surface area contributed by atoms with Gasteiger partial charge in [-0.3, -0.25) is 9.39 Å². The molecule has 2 fully saturated rings. The van der Waals surface area contributed by atoms with Crippen molar-refractivity contribution < 1.29 is 0 Å². The Labute approximate surface area is 166 Å². The van der Waals surface area contributed by atoms with Gasteiger partial charge in [0, 0.05) is 39.3 Å². The molecular weight excluding hydrogens is 427 g/mol. The molecule has 2 aliphatic rings. The summed E-state index contributed by atoms with van der Waals surface area (Å²) in [6, 6.07) is 5.98. The molecule has 3 heterocycles. The van der Waals surface area contributed by atoms with Gasteiger partial charge in [0.25, 0.3) is 0 Å². The number of halogens is 1. The Morgan fingerprint density at radius 3 is 2.88 bits per heavy atom. The van der Waals surface area contributed by atoms with Gasteiger partial charge >= 0.3 is 0 Å². The van der Waals surface area contributed by atoms with E-state index in [0.717, 1.165) is 36.9 Å². The minimum atomic E-state index is 0. The van der Waals surface area contributed by atoms with E-state index in [2.05, 4.69) is 25.4 Å². The SMILES string of the molecule is CN=C(NCCc1nnc2ccccn12)N1CCC2(CCCC2)C1.I. The van der Waals surface area contributed by atoms with E-state index in [1.54, 1.807) is 0 Å². The number of fused-ring (bicyclic) bond motifs is 1. The Bertz CT molecular complexity index is 734.